The lowest BCUT2D eigenvalue weighted by Crippen LogP contribution is -2.14. The van der Waals surface area contributed by atoms with Gasteiger partial charge in [0.25, 0.3) is 10.0 Å². The van der Waals surface area contributed by atoms with Crippen molar-refractivity contribution in [1.82, 2.24) is 4.98 Å². The fourth-order valence-electron chi connectivity index (χ4n) is 1.53. The molecule has 0 unspecified atom stereocenters. The van der Waals surface area contributed by atoms with Crippen LogP contribution in [0.5, 0.6) is 0 Å². The van der Waals surface area contributed by atoms with Crippen LogP contribution in [-0.4, -0.2) is 13.4 Å². The summed E-state index contributed by atoms with van der Waals surface area (Å²) in [6.07, 6.45) is 1.60. The highest BCUT2D eigenvalue weighted by molar-refractivity contribution is 7.93. The smallest absolute Gasteiger partial charge is 0.264 e. The van der Waals surface area contributed by atoms with Gasteiger partial charge in [0.1, 0.15) is 0 Å². The quantitative estimate of drug-likeness (QED) is 0.852. The zero-order valence-electron chi connectivity index (χ0n) is 10.3. The molecule has 1 heterocycles. The van der Waals surface area contributed by atoms with Crippen LogP contribution in [0.15, 0.2) is 23.2 Å². The van der Waals surface area contributed by atoms with E-state index in [4.69, 9.17) is 17.3 Å². The monoisotopic (exact) mass is 317 g/mol. The number of hydrogen-bond donors (Lipinski definition) is 2. The maximum Gasteiger partial charge on any atom is 0.264 e. The molecule has 0 aliphatic heterocycles. The van der Waals surface area contributed by atoms with E-state index in [0.29, 0.717) is 16.4 Å². The Morgan fingerprint density at radius 2 is 2.05 bits per heavy atom. The number of sulfonamides is 1. The number of aromatic nitrogens is 1. The minimum atomic E-state index is -3.74. The Labute approximate surface area is 120 Å². The number of nitrogen functional groups attached to an aromatic ring is 1. The van der Waals surface area contributed by atoms with Crippen LogP contribution in [0, 0.1) is 13.8 Å². The van der Waals surface area contributed by atoms with Crippen molar-refractivity contribution in [3.8, 4) is 0 Å². The Balaban J connectivity index is 2.45. The number of nitrogens with one attached hydrogen (secondary N) is 1. The molecule has 0 bridgehead atoms. The Morgan fingerprint density at radius 3 is 2.63 bits per heavy atom. The third kappa shape index (κ3) is 2.99. The van der Waals surface area contributed by atoms with Crippen LogP contribution in [0.2, 0.25) is 5.02 Å². The Kier molecular flexibility index (Phi) is 3.71. The molecule has 0 saturated heterocycles. The van der Waals surface area contributed by atoms with Crippen molar-refractivity contribution in [1.29, 1.82) is 0 Å². The van der Waals surface area contributed by atoms with Gasteiger partial charge in [-0.2, -0.15) is 0 Å². The summed E-state index contributed by atoms with van der Waals surface area (Å²) in [5.41, 5.74) is 6.53. The van der Waals surface area contributed by atoms with Crippen LogP contribution in [0.25, 0.3) is 0 Å². The van der Waals surface area contributed by atoms with E-state index in [1.54, 1.807) is 13.1 Å². The van der Waals surface area contributed by atoms with Crippen molar-refractivity contribution in [3.63, 3.8) is 0 Å². The minimum absolute atomic E-state index is 0.0605. The molecule has 0 saturated carbocycles. The lowest BCUT2D eigenvalue weighted by molar-refractivity contribution is 0.600. The third-order valence-electron chi connectivity index (χ3n) is 2.50. The summed E-state index contributed by atoms with van der Waals surface area (Å²) in [6, 6.07) is 2.89. The average molecular weight is 318 g/mol. The van der Waals surface area contributed by atoms with Crippen LogP contribution in [0.4, 0.5) is 10.8 Å². The Morgan fingerprint density at radius 1 is 1.37 bits per heavy atom. The summed E-state index contributed by atoms with van der Waals surface area (Å²) in [5, 5.41) is 0.592. The van der Waals surface area contributed by atoms with Gasteiger partial charge in [0.15, 0.2) is 5.13 Å². The first-order valence-electron chi connectivity index (χ1n) is 5.30. The van der Waals surface area contributed by atoms with Crippen LogP contribution in [0.3, 0.4) is 0 Å². The number of benzene rings is 1. The molecule has 0 radical (unpaired) electrons. The maximum atomic E-state index is 12.3. The van der Waals surface area contributed by atoms with Crippen molar-refractivity contribution >= 4 is 43.8 Å². The number of halogens is 1. The van der Waals surface area contributed by atoms with Crippen LogP contribution >= 0.6 is 22.9 Å². The number of hydrogen-bond acceptors (Lipinski definition) is 5. The van der Waals surface area contributed by atoms with Crippen molar-refractivity contribution in [2.24, 2.45) is 0 Å². The summed E-state index contributed by atoms with van der Waals surface area (Å²) in [6.45, 7) is 3.48. The van der Waals surface area contributed by atoms with Gasteiger partial charge < -0.3 is 5.73 Å². The standard InChI is InChI=1S/C11H12ClN3O2S2/c1-6-5-14-11(18-6)15-19(16,17)10-4-8(12)3-9(13)7(10)2/h3-5H,13H2,1-2H3,(H,14,15). The second-order valence-electron chi connectivity index (χ2n) is 4.00. The van der Waals surface area contributed by atoms with Gasteiger partial charge in [-0.3, -0.25) is 4.72 Å². The summed E-state index contributed by atoms with van der Waals surface area (Å²) < 4.78 is 27.0. The largest absolute Gasteiger partial charge is 0.398 e. The number of nitrogens with zero attached hydrogens (tertiary/aromatic N) is 1. The number of nitrogens with two attached hydrogens (primary N) is 1. The van der Waals surface area contributed by atoms with Gasteiger partial charge in [-0.15, -0.1) is 11.3 Å². The molecule has 0 aliphatic rings. The first kappa shape index (κ1) is 14.1. The van der Waals surface area contributed by atoms with Gasteiger partial charge >= 0.3 is 0 Å². The van der Waals surface area contributed by atoms with E-state index in [9.17, 15) is 8.42 Å². The normalized spacial score (nSPS) is 11.5. The lowest BCUT2D eigenvalue weighted by Gasteiger charge is -2.10. The first-order valence-corrected chi connectivity index (χ1v) is 7.98. The van der Waals surface area contributed by atoms with Gasteiger partial charge in [0.2, 0.25) is 0 Å². The highest BCUT2D eigenvalue weighted by Gasteiger charge is 2.20. The highest BCUT2D eigenvalue weighted by Crippen LogP contribution is 2.28. The maximum absolute atomic E-state index is 12.3. The van der Waals surface area contributed by atoms with Gasteiger partial charge in [0, 0.05) is 21.8 Å². The van der Waals surface area contributed by atoms with E-state index in [-0.39, 0.29) is 9.92 Å². The number of rotatable bonds is 3. The van der Waals surface area contributed by atoms with Crippen molar-refractivity contribution in [2.75, 3.05) is 10.5 Å². The Bertz CT molecular complexity index is 726. The predicted octanol–water partition coefficient (Wildman–Crippen LogP) is 2.80. The van der Waals surface area contributed by atoms with Crippen LogP contribution in [0.1, 0.15) is 10.4 Å². The van der Waals surface area contributed by atoms with E-state index >= 15 is 0 Å². The van der Waals surface area contributed by atoms with E-state index in [1.807, 2.05) is 6.92 Å². The molecule has 2 rings (SSSR count). The zero-order valence-corrected chi connectivity index (χ0v) is 12.7. The van der Waals surface area contributed by atoms with Crippen molar-refractivity contribution in [3.05, 3.63) is 33.8 Å². The van der Waals surface area contributed by atoms with Gasteiger partial charge in [0.05, 0.1) is 4.90 Å². The van der Waals surface area contributed by atoms with Crippen LogP contribution < -0.4 is 10.5 Å². The molecular weight excluding hydrogens is 306 g/mol. The molecule has 8 heteroatoms. The number of anilines is 2. The van der Waals surface area contributed by atoms with E-state index in [2.05, 4.69) is 9.71 Å². The summed E-state index contributed by atoms with van der Waals surface area (Å²) in [7, 11) is -3.74. The third-order valence-corrected chi connectivity index (χ3v) is 5.14. The summed E-state index contributed by atoms with van der Waals surface area (Å²) in [4.78, 5) is 4.94. The number of aryl methyl sites for hydroxylation is 1. The summed E-state index contributed by atoms with van der Waals surface area (Å²) >= 11 is 7.11. The molecule has 1 aromatic heterocycles. The topological polar surface area (TPSA) is 85.1 Å². The second kappa shape index (κ2) is 4.99. The highest BCUT2D eigenvalue weighted by atomic mass is 35.5. The molecule has 19 heavy (non-hydrogen) atoms. The molecule has 3 N–H and O–H groups in total. The van der Waals surface area contributed by atoms with Gasteiger partial charge in [-0.05, 0) is 31.5 Å². The van der Waals surface area contributed by atoms with E-state index < -0.39 is 10.0 Å². The second-order valence-corrected chi connectivity index (χ2v) is 7.32. The predicted molar refractivity (Wildman–Crippen MR) is 78.3 cm³/mol. The SMILES string of the molecule is Cc1cnc(NS(=O)(=O)c2cc(Cl)cc(N)c2C)s1. The molecule has 2 aromatic rings. The molecule has 0 amide bonds. The fourth-order valence-corrected chi connectivity index (χ4v) is 4.02. The Hall–Kier alpha value is -1.31. The van der Waals surface area contributed by atoms with Crippen molar-refractivity contribution in [2.45, 2.75) is 18.7 Å². The molecule has 0 fully saturated rings. The average Bonchev–Trinajstić information content (AvgIpc) is 2.68. The van der Waals surface area contributed by atoms with Gasteiger partial charge in [-0.25, -0.2) is 13.4 Å². The molecular formula is C11H12ClN3O2S2. The molecule has 0 aliphatic carbocycles. The van der Waals surface area contributed by atoms with Gasteiger partial charge in [-0.1, -0.05) is 11.6 Å². The fraction of sp³-hybridized carbons (Fsp3) is 0.182. The minimum Gasteiger partial charge on any atom is -0.398 e. The van der Waals surface area contributed by atoms with Crippen LogP contribution in [-0.2, 0) is 10.0 Å². The number of thiazole rings is 1. The summed E-state index contributed by atoms with van der Waals surface area (Å²) in [5.74, 6) is 0. The zero-order chi connectivity index (χ0) is 14.2. The molecule has 102 valence electrons. The molecule has 0 atom stereocenters. The molecule has 1 aromatic carbocycles. The molecule has 0 spiro atoms. The van der Waals surface area contributed by atoms with Crippen molar-refractivity contribution < 1.29 is 8.42 Å². The van der Waals surface area contributed by atoms with E-state index in [0.717, 1.165) is 4.88 Å². The molecule has 5 nitrogen and oxygen atoms in total. The van der Waals surface area contributed by atoms with E-state index in [1.165, 1.54) is 23.5 Å². The first-order chi connectivity index (χ1) is 8.79. The lowest BCUT2D eigenvalue weighted by atomic mass is 10.2.